The highest BCUT2D eigenvalue weighted by Gasteiger charge is 2.37. The van der Waals surface area contributed by atoms with Gasteiger partial charge >= 0.3 is 0 Å². The number of nitrogens with zero attached hydrogens (tertiary/aromatic N) is 1. The van der Waals surface area contributed by atoms with Gasteiger partial charge < -0.3 is 4.74 Å². The van der Waals surface area contributed by atoms with E-state index < -0.39 is 11.8 Å². The van der Waals surface area contributed by atoms with Gasteiger partial charge in [-0.1, -0.05) is 31.6 Å². The number of allylic oxidation sites excluding steroid dienone is 2. The third-order valence-electron chi connectivity index (χ3n) is 2.12. The highest BCUT2D eigenvalue weighted by Crippen LogP contribution is 2.29. The number of hydrogen-bond acceptors (Lipinski definition) is 2. The molecule has 3 heteroatoms. The van der Waals surface area contributed by atoms with Crippen molar-refractivity contribution in [3.05, 3.63) is 24.3 Å². The number of rotatable bonds is 4. The predicted octanol–water partition coefficient (Wildman–Crippen LogP) is 2.73. The Bertz CT molecular complexity index is 280. The molecule has 0 aliphatic heterocycles. The van der Waals surface area contributed by atoms with Gasteiger partial charge in [0.15, 0.2) is 0 Å². The summed E-state index contributed by atoms with van der Waals surface area (Å²) in [5.41, 5.74) is 0. The highest BCUT2D eigenvalue weighted by molar-refractivity contribution is 5.23. The topological polar surface area (TPSA) is 33.0 Å². The van der Waals surface area contributed by atoms with Crippen LogP contribution in [0.25, 0.3) is 0 Å². The summed E-state index contributed by atoms with van der Waals surface area (Å²) in [6.07, 6.45) is 7.81. The van der Waals surface area contributed by atoms with E-state index in [-0.39, 0.29) is 0 Å². The third-order valence-corrected chi connectivity index (χ3v) is 2.12. The summed E-state index contributed by atoms with van der Waals surface area (Å²) in [4.78, 5) is 0. The van der Waals surface area contributed by atoms with Crippen LogP contribution in [-0.4, -0.2) is 12.5 Å². The van der Waals surface area contributed by atoms with Crippen LogP contribution in [-0.2, 0) is 4.74 Å². The van der Waals surface area contributed by atoms with E-state index >= 15 is 0 Å². The van der Waals surface area contributed by atoms with E-state index in [2.05, 4.69) is 0 Å². The first-order valence-electron chi connectivity index (χ1n) is 4.81. The monoisotopic (exact) mass is 195 g/mol. The second kappa shape index (κ2) is 4.92. The summed E-state index contributed by atoms with van der Waals surface area (Å²) in [6.45, 7) is 2.36. The first kappa shape index (κ1) is 10.9. The molecule has 2 nitrogen and oxygen atoms in total. The molecule has 0 bridgehead atoms. The Hall–Kier alpha value is -1.14. The molecule has 1 rings (SSSR count). The first-order valence-corrected chi connectivity index (χ1v) is 4.81. The Balaban J connectivity index is 2.58. The molecule has 0 heterocycles. The quantitative estimate of drug-likeness (QED) is 0.646. The molecule has 14 heavy (non-hydrogen) atoms. The molecule has 0 aromatic rings. The van der Waals surface area contributed by atoms with Crippen LogP contribution >= 0.6 is 0 Å². The van der Waals surface area contributed by atoms with Gasteiger partial charge in [-0.25, -0.2) is 4.39 Å². The summed E-state index contributed by atoms with van der Waals surface area (Å²) in [5, 5.41) is 8.73. The Morgan fingerprint density at radius 1 is 1.57 bits per heavy atom. The number of halogens is 1. The molecule has 1 aliphatic carbocycles. The van der Waals surface area contributed by atoms with Crippen molar-refractivity contribution in [1.29, 1.82) is 5.26 Å². The maximum atomic E-state index is 14.0. The summed E-state index contributed by atoms with van der Waals surface area (Å²) in [7, 11) is 0. The van der Waals surface area contributed by atoms with Gasteiger partial charge in [0, 0.05) is 0 Å². The molecule has 0 saturated carbocycles. The van der Waals surface area contributed by atoms with Crippen molar-refractivity contribution < 1.29 is 9.13 Å². The van der Waals surface area contributed by atoms with Crippen molar-refractivity contribution >= 4 is 0 Å². The lowest BCUT2D eigenvalue weighted by Gasteiger charge is -2.26. The normalized spacial score (nSPS) is 30.2. The lowest BCUT2D eigenvalue weighted by Crippen LogP contribution is -2.34. The van der Waals surface area contributed by atoms with Crippen LogP contribution in [0.3, 0.4) is 0 Å². The summed E-state index contributed by atoms with van der Waals surface area (Å²) in [6, 6.07) is 1.88. The molecule has 0 aromatic carbocycles. The fourth-order valence-corrected chi connectivity index (χ4v) is 1.24. The minimum Gasteiger partial charge on any atom is -0.341 e. The minimum absolute atomic E-state index is 0.351. The van der Waals surface area contributed by atoms with Crippen molar-refractivity contribution in [3.63, 3.8) is 0 Å². The Labute approximate surface area is 83.7 Å². The molecule has 0 amide bonds. The van der Waals surface area contributed by atoms with Crippen molar-refractivity contribution in [3.8, 4) is 6.07 Å². The zero-order chi connectivity index (χ0) is 10.4. The number of ether oxygens (including phenoxy) is 1. The molecule has 76 valence electrons. The summed E-state index contributed by atoms with van der Waals surface area (Å²) in [5.74, 6) is -2.76. The van der Waals surface area contributed by atoms with Crippen LogP contribution in [0, 0.1) is 17.2 Å². The van der Waals surface area contributed by atoms with E-state index in [9.17, 15) is 4.39 Å². The fourth-order valence-electron chi connectivity index (χ4n) is 1.24. The zero-order valence-corrected chi connectivity index (χ0v) is 8.24. The van der Waals surface area contributed by atoms with Crippen molar-refractivity contribution in [2.24, 2.45) is 5.92 Å². The fraction of sp³-hybridized carbons (Fsp3) is 0.545. The second-order valence-corrected chi connectivity index (χ2v) is 3.25. The zero-order valence-electron chi connectivity index (χ0n) is 8.24. The standard InChI is InChI=1S/C11H14FNO/c1-2-3-8-14-11(12)7-5-4-6-10(11)9-13/h4-7,10H,2-3,8H2,1H3/t10?,11-/m1/s1. The average molecular weight is 195 g/mol. The van der Waals surface area contributed by atoms with E-state index in [1.54, 1.807) is 12.2 Å². The van der Waals surface area contributed by atoms with E-state index in [0.717, 1.165) is 12.8 Å². The Kier molecular flexibility index (Phi) is 3.84. The molecule has 0 spiro atoms. The van der Waals surface area contributed by atoms with Gasteiger partial charge in [-0.3, -0.25) is 0 Å². The van der Waals surface area contributed by atoms with Crippen molar-refractivity contribution in [1.82, 2.24) is 0 Å². The maximum absolute atomic E-state index is 14.0. The lowest BCUT2D eigenvalue weighted by molar-refractivity contribution is -0.123. The van der Waals surface area contributed by atoms with Gasteiger partial charge in [0.1, 0.15) is 5.92 Å². The third kappa shape index (κ3) is 2.43. The molecular weight excluding hydrogens is 181 g/mol. The van der Waals surface area contributed by atoms with Gasteiger partial charge in [0.05, 0.1) is 12.7 Å². The molecule has 1 aliphatic rings. The molecule has 0 fully saturated rings. The Morgan fingerprint density at radius 2 is 2.36 bits per heavy atom. The second-order valence-electron chi connectivity index (χ2n) is 3.25. The molecule has 0 aromatic heterocycles. The molecule has 0 N–H and O–H groups in total. The van der Waals surface area contributed by atoms with Crippen molar-refractivity contribution in [2.45, 2.75) is 25.6 Å². The molecule has 2 atom stereocenters. The van der Waals surface area contributed by atoms with Crippen LogP contribution in [0.4, 0.5) is 4.39 Å². The number of alkyl halides is 1. The lowest BCUT2D eigenvalue weighted by atomic mass is 9.97. The molecular formula is C11H14FNO. The van der Waals surface area contributed by atoms with Gasteiger partial charge in [-0.15, -0.1) is 0 Å². The molecule has 0 radical (unpaired) electrons. The minimum atomic E-state index is -1.93. The van der Waals surface area contributed by atoms with Crippen LogP contribution < -0.4 is 0 Å². The van der Waals surface area contributed by atoms with Crippen LogP contribution in [0.5, 0.6) is 0 Å². The maximum Gasteiger partial charge on any atom is 0.248 e. The predicted molar refractivity (Wildman–Crippen MR) is 52.1 cm³/mol. The van der Waals surface area contributed by atoms with Gasteiger partial charge in [0.2, 0.25) is 5.85 Å². The van der Waals surface area contributed by atoms with Crippen molar-refractivity contribution in [2.75, 3.05) is 6.61 Å². The number of unbranched alkanes of at least 4 members (excludes halogenated alkanes) is 1. The molecule has 0 saturated heterocycles. The van der Waals surface area contributed by atoms with E-state index in [0.29, 0.717) is 6.61 Å². The van der Waals surface area contributed by atoms with E-state index in [1.807, 2.05) is 13.0 Å². The van der Waals surface area contributed by atoms with Gasteiger partial charge in [-0.2, -0.15) is 5.26 Å². The van der Waals surface area contributed by atoms with Gasteiger partial charge in [-0.05, 0) is 12.5 Å². The number of nitriles is 1. The first-order chi connectivity index (χ1) is 6.73. The smallest absolute Gasteiger partial charge is 0.248 e. The van der Waals surface area contributed by atoms with Gasteiger partial charge in [0.25, 0.3) is 0 Å². The van der Waals surface area contributed by atoms with E-state index in [4.69, 9.17) is 10.00 Å². The van der Waals surface area contributed by atoms with Crippen LogP contribution in [0.15, 0.2) is 24.3 Å². The Morgan fingerprint density at radius 3 is 3.00 bits per heavy atom. The molecule has 1 unspecified atom stereocenters. The summed E-state index contributed by atoms with van der Waals surface area (Å²) < 4.78 is 19.1. The number of hydrogen-bond donors (Lipinski definition) is 0. The van der Waals surface area contributed by atoms with E-state index in [1.165, 1.54) is 12.2 Å². The summed E-state index contributed by atoms with van der Waals surface area (Å²) >= 11 is 0. The largest absolute Gasteiger partial charge is 0.341 e. The average Bonchev–Trinajstić information content (AvgIpc) is 2.19. The highest BCUT2D eigenvalue weighted by atomic mass is 19.2. The SMILES string of the molecule is CCCCO[C@]1(F)C=CC=CC1C#N. The van der Waals surface area contributed by atoms with Crippen LogP contribution in [0.1, 0.15) is 19.8 Å². The van der Waals surface area contributed by atoms with Crippen LogP contribution in [0.2, 0.25) is 0 Å².